The van der Waals surface area contributed by atoms with Gasteiger partial charge in [-0.2, -0.15) is 0 Å². The van der Waals surface area contributed by atoms with Crippen LogP contribution >= 0.6 is 0 Å². The molecule has 0 aromatic heterocycles. The predicted molar refractivity (Wildman–Crippen MR) is 137 cm³/mol. The Morgan fingerprint density at radius 2 is 1.41 bits per heavy atom. The zero-order valence-corrected chi connectivity index (χ0v) is 20.9. The molecule has 3 aliphatic rings. The van der Waals surface area contributed by atoms with Gasteiger partial charge in [0.05, 0.1) is 18.0 Å². The van der Waals surface area contributed by atoms with Crippen molar-refractivity contribution >= 4 is 11.8 Å². The molecule has 2 unspecified atom stereocenters. The second-order valence-corrected chi connectivity index (χ2v) is 10.1. The fourth-order valence-electron chi connectivity index (χ4n) is 6.22. The number of amides is 2. The van der Waals surface area contributed by atoms with E-state index in [9.17, 15) is 9.59 Å². The Morgan fingerprint density at radius 3 is 1.88 bits per heavy atom. The molecular formula is C29H39N3O2. The maximum absolute atomic E-state index is 13.6. The minimum absolute atomic E-state index is 0.0697. The highest BCUT2D eigenvalue weighted by Crippen LogP contribution is 2.53. The summed E-state index contributed by atoms with van der Waals surface area (Å²) in [5, 5.41) is 3.24. The van der Waals surface area contributed by atoms with E-state index in [4.69, 9.17) is 0 Å². The van der Waals surface area contributed by atoms with Gasteiger partial charge in [-0.05, 0) is 61.7 Å². The molecule has 2 aliphatic heterocycles. The monoisotopic (exact) mass is 461 g/mol. The average molecular weight is 462 g/mol. The van der Waals surface area contributed by atoms with Crippen LogP contribution in [0.1, 0.15) is 62.5 Å². The summed E-state index contributed by atoms with van der Waals surface area (Å²) in [7, 11) is 1.96. The van der Waals surface area contributed by atoms with Crippen molar-refractivity contribution in [3.63, 3.8) is 0 Å². The number of hydrogen-bond acceptors (Lipinski definition) is 3. The number of carbonyl (C=O) groups excluding carboxylic acids is 2. The molecule has 5 nitrogen and oxygen atoms in total. The molecule has 0 spiro atoms. The normalized spacial score (nSPS) is 26.2. The molecule has 34 heavy (non-hydrogen) atoms. The zero-order valence-electron chi connectivity index (χ0n) is 20.9. The smallest absolute Gasteiger partial charge is 0.237 e. The fourth-order valence-corrected chi connectivity index (χ4v) is 6.22. The van der Waals surface area contributed by atoms with Crippen LogP contribution in [0.2, 0.25) is 0 Å². The third kappa shape index (κ3) is 4.90. The van der Waals surface area contributed by atoms with Gasteiger partial charge in [0.25, 0.3) is 0 Å². The second kappa shape index (κ2) is 10.7. The maximum atomic E-state index is 13.6. The third-order valence-corrected chi connectivity index (χ3v) is 7.94. The Kier molecular flexibility index (Phi) is 7.72. The van der Waals surface area contributed by atoms with Gasteiger partial charge in [-0.15, -0.1) is 0 Å². The van der Waals surface area contributed by atoms with Gasteiger partial charge >= 0.3 is 0 Å². The highest BCUT2D eigenvalue weighted by molar-refractivity contribution is 5.83. The van der Waals surface area contributed by atoms with Gasteiger partial charge in [0.2, 0.25) is 11.8 Å². The lowest BCUT2D eigenvalue weighted by molar-refractivity contribution is -0.138. The topological polar surface area (TPSA) is 52.7 Å². The standard InChI is InChI=1S/C29H39N3O2/c1-4-16-32(17-5-2)20-26(33)31(3)29-18-24(22-12-8-6-9-13-22)27(28(34)30-21-29)25(19-29)23-14-10-7-11-15-23/h6-15,24-25,27H,4-5,16-21H2,1-3H3,(H,30,34). The predicted octanol–water partition coefficient (Wildman–Crippen LogP) is 4.41. The quantitative estimate of drug-likeness (QED) is 0.602. The molecule has 182 valence electrons. The Balaban J connectivity index is 1.71. The lowest BCUT2D eigenvalue weighted by Gasteiger charge is -2.50. The summed E-state index contributed by atoms with van der Waals surface area (Å²) in [4.78, 5) is 31.4. The van der Waals surface area contributed by atoms with Crippen molar-refractivity contribution in [2.24, 2.45) is 5.92 Å². The van der Waals surface area contributed by atoms with Gasteiger partial charge in [0.15, 0.2) is 0 Å². The fraction of sp³-hybridized carbons (Fsp3) is 0.517. The van der Waals surface area contributed by atoms with Gasteiger partial charge < -0.3 is 10.2 Å². The molecule has 2 bridgehead atoms. The molecule has 1 saturated carbocycles. The number of benzene rings is 2. The lowest BCUT2D eigenvalue weighted by Crippen LogP contribution is -2.58. The summed E-state index contributed by atoms with van der Waals surface area (Å²) in [5.41, 5.74) is 1.97. The number of likely N-dealkylation sites (N-methyl/N-ethyl adjacent to an activating group) is 1. The van der Waals surface area contributed by atoms with Crippen LogP contribution in [0.4, 0.5) is 0 Å². The highest BCUT2D eigenvalue weighted by Gasteiger charge is 2.55. The number of hydrogen-bond donors (Lipinski definition) is 1. The molecule has 1 aliphatic carbocycles. The molecule has 2 saturated heterocycles. The molecule has 1 N–H and O–H groups in total. The number of nitrogens with zero attached hydrogens (tertiary/aromatic N) is 2. The summed E-state index contributed by atoms with van der Waals surface area (Å²) >= 11 is 0. The lowest BCUT2D eigenvalue weighted by atomic mass is 9.61. The Hall–Kier alpha value is -2.66. The minimum atomic E-state index is -0.412. The average Bonchev–Trinajstić information content (AvgIpc) is 3.11. The van der Waals surface area contributed by atoms with Crippen LogP contribution in [0.15, 0.2) is 60.7 Å². The molecule has 2 amide bonds. The number of nitrogens with one attached hydrogen (secondary N) is 1. The van der Waals surface area contributed by atoms with Crippen molar-refractivity contribution in [2.75, 3.05) is 33.2 Å². The van der Waals surface area contributed by atoms with Crippen LogP contribution in [0.25, 0.3) is 0 Å². The Bertz CT molecular complexity index is 906. The van der Waals surface area contributed by atoms with Crippen molar-refractivity contribution in [1.29, 1.82) is 0 Å². The summed E-state index contributed by atoms with van der Waals surface area (Å²) in [5.74, 6) is 0.262. The Morgan fingerprint density at radius 1 is 0.912 bits per heavy atom. The Labute approximate surface area is 204 Å². The second-order valence-electron chi connectivity index (χ2n) is 10.1. The van der Waals surface area contributed by atoms with Crippen molar-refractivity contribution < 1.29 is 9.59 Å². The maximum Gasteiger partial charge on any atom is 0.237 e. The van der Waals surface area contributed by atoms with E-state index in [1.54, 1.807) is 0 Å². The van der Waals surface area contributed by atoms with Gasteiger partial charge in [0.1, 0.15) is 0 Å². The van der Waals surface area contributed by atoms with E-state index in [0.29, 0.717) is 13.1 Å². The van der Waals surface area contributed by atoms with E-state index in [0.717, 1.165) is 38.8 Å². The largest absolute Gasteiger partial charge is 0.353 e. The molecule has 2 atom stereocenters. The number of carbonyl (C=O) groups is 2. The van der Waals surface area contributed by atoms with Crippen molar-refractivity contribution in [3.8, 4) is 0 Å². The molecule has 2 aromatic rings. The van der Waals surface area contributed by atoms with Crippen LogP contribution in [0.5, 0.6) is 0 Å². The van der Waals surface area contributed by atoms with E-state index in [-0.39, 0.29) is 29.6 Å². The first-order chi connectivity index (χ1) is 16.5. The molecule has 2 heterocycles. The summed E-state index contributed by atoms with van der Waals surface area (Å²) in [6, 6.07) is 20.8. The van der Waals surface area contributed by atoms with E-state index in [2.05, 4.69) is 72.6 Å². The zero-order chi connectivity index (χ0) is 24.1. The summed E-state index contributed by atoms with van der Waals surface area (Å²) in [6.45, 7) is 7.12. The first kappa shape index (κ1) is 24.5. The molecule has 5 rings (SSSR count). The highest BCUT2D eigenvalue weighted by atomic mass is 16.2. The summed E-state index contributed by atoms with van der Waals surface area (Å²) in [6.07, 6.45) is 3.67. The van der Waals surface area contributed by atoms with Crippen molar-refractivity contribution in [3.05, 3.63) is 71.8 Å². The van der Waals surface area contributed by atoms with Crippen LogP contribution in [0, 0.1) is 5.92 Å². The van der Waals surface area contributed by atoms with Crippen LogP contribution in [-0.2, 0) is 9.59 Å². The van der Waals surface area contributed by atoms with E-state index >= 15 is 0 Å². The molecule has 3 fully saturated rings. The van der Waals surface area contributed by atoms with Gasteiger partial charge in [-0.25, -0.2) is 0 Å². The molecule has 5 heteroatoms. The summed E-state index contributed by atoms with van der Waals surface area (Å²) < 4.78 is 0. The van der Waals surface area contributed by atoms with Crippen molar-refractivity contribution in [1.82, 2.24) is 15.1 Å². The number of fused-ring (bicyclic) bond motifs is 4. The number of rotatable bonds is 9. The van der Waals surface area contributed by atoms with Crippen LogP contribution in [-0.4, -0.2) is 60.4 Å². The molecular weight excluding hydrogens is 422 g/mol. The van der Waals surface area contributed by atoms with Crippen LogP contribution < -0.4 is 5.32 Å². The van der Waals surface area contributed by atoms with E-state index in [1.807, 2.05) is 24.1 Å². The van der Waals surface area contributed by atoms with Crippen molar-refractivity contribution in [2.45, 2.75) is 56.9 Å². The van der Waals surface area contributed by atoms with E-state index < -0.39 is 5.54 Å². The third-order valence-electron chi connectivity index (χ3n) is 7.94. The van der Waals surface area contributed by atoms with Crippen LogP contribution in [0.3, 0.4) is 0 Å². The minimum Gasteiger partial charge on any atom is -0.353 e. The first-order valence-corrected chi connectivity index (χ1v) is 12.9. The first-order valence-electron chi connectivity index (χ1n) is 12.9. The molecule has 2 aromatic carbocycles. The van der Waals surface area contributed by atoms with Gasteiger partial charge in [-0.3, -0.25) is 14.5 Å². The molecule has 0 radical (unpaired) electrons. The van der Waals surface area contributed by atoms with Gasteiger partial charge in [0, 0.05) is 13.6 Å². The SMILES string of the molecule is CCCN(CCC)CC(=O)N(C)C12CNC(=O)C(C(c3ccccc3)C1)C(c1ccccc1)C2. The van der Waals surface area contributed by atoms with Gasteiger partial charge in [-0.1, -0.05) is 74.5 Å². The van der Waals surface area contributed by atoms with E-state index in [1.165, 1.54) is 11.1 Å².